The zero-order valence-corrected chi connectivity index (χ0v) is 11.6. The van der Waals surface area contributed by atoms with Crippen LogP contribution in [0.1, 0.15) is 37.8 Å². The highest BCUT2D eigenvalue weighted by Gasteiger charge is 2.20. The quantitative estimate of drug-likeness (QED) is 0.260. The van der Waals surface area contributed by atoms with Gasteiger partial charge in [0.05, 0.1) is 5.60 Å². The molecule has 0 saturated carbocycles. The molecule has 0 aliphatic rings. The molecule has 0 atom stereocenters. The van der Waals surface area contributed by atoms with E-state index in [0.29, 0.717) is 18.7 Å². The first-order chi connectivity index (χ1) is 9.04. The molecule has 0 aliphatic carbocycles. The predicted molar refractivity (Wildman–Crippen MR) is 76.2 cm³/mol. The molecule has 0 amide bonds. The molecule has 5 nitrogen and oxygen atoms in total. The van der Waals surface area contributed by atoms with Crippen LogP contribution in [-0.2, 0) is 6.54 Å². The second-order valence-corrected chi connectivity index (χ2v) is 4.72. The summed E-state index contributed by atoms with van der Waals surface area (Å²) in [5, 5.41) is 24.9. The number of oxime groups is 1. The Kier molecular flexibility index (Phi) is 5.79. The lowest BCUT2D eigenvalue weighted by Crippen LogP contribution is -2.39. The summed E-state index contributed by atoms with van der Waals surface area (Å²) in [5.74, 6) is 0.103. The van der Waals surface area contributed by atoms with Gasteiger partial charge in [0.2, 0.25) is 0 Å². The van der Waals surface area contributed by atoms with Gasteiger partial charge in [-0.05, 0) is 18.4 Å². The van der Waals surface area contributed by atoms with Gasteiger partial charge in [-0.15, -0.1) is 0 Å². The molecule has 1 aromatic rings. The fourth-order valence-electron chi connectivity index (χ4n) is 1.79. The summed E-state index contributed by atoms with van der Waals surface area (Å²) >= 11 is 0. The lowest BCUT2D eigenvalue weighted by molar-refractivity contribution is 0.0323. The number of nitrogens with two attached hydrogens (primary N) is 1. The van der Waals surface area contributed by atoms with Crippen LogP contribution in [0.3, 0.4) is 0 Å². The summed E-state index contributed by atoms with van der Waals surface area (Å²) in [6.07, 6.45) is 1.47. The molecule has 1 rings (SSSR count). The molecule has 0 heterocycles. The molecular formula is C14H23N3O2. The Morgan fingerprint density at radius 3 is 2.32 bits per heavy atom. The van der Waals surface area contributed by atoms with E-state index in [9.17, 15) is 5.11 Å². The van der Waals surface area contributed by atoms with Crippen molar-refractivity contribution in [3.05, 3.63) is 35.4 Å². The van der Waals surface area contributed by atoms with Gasteiger partial charge in [0.15, 0.2) is 5.84 Å². The van der Waals surface area contributed by atoms with Crippen molar-refractivity contribution in [2.75, 3.05) is 6.54 Å². The number of hydrogen-bond donors (Lipinski definition) is 4. The van der Waals surface area contributed by atoms with Crippen LogP contribution in [0.5, 0.6) is 0 Å². The van der Waals surface area contributed by atoms with Crippen LogP contribution in [-0.4, -0.2) is 28.3 Å². The molecule has 0 spiro atoms. The van der Waals surface area contributed by atoms with Crippen molar-refractivity contribution in [2.24, 2.45) is 10.9 Å². The number of benzene rings is 1. The van der Waals surface area contributed by atoms with E-state index in [1.54, 1.807) is 12.1 Å². The second kappa shape index (κ2) is 7.11. The molecule has 19 heavy (non-hydrogen) atoms. The number of amidine groups is 1. The Balaban J connectivity index is 2.51. The number of nitrogens with one attached hydrogen (secondary N) is 1. The van der Waals surface area contributed by atoms with E-state index in [-0.39, 0.29) is 5.84 Å². The van der Waals surface area contributed by atoms with Crippen LogP contribution in [0.4, 0.5) is 0 Å². The molecule has 5 heteroatoms. The monoisotopic (exact) mass is 265 g/mol. The fourth-order valence-corrected chi connectivity index (χ4v) is 1.79. The average Bonchev–Trinajstić information content (AvgIpc) is 2.47. The first kappa shape index (κ1) is 15.5. The van der Waals surface area contributed by atoms with Crippen molar-refractivity contribution in [1.82, 2.24) is 5.32 Å². The SMILES string of the molecule is CCC(O)(CC)CNCc1ccc(C(N)=NO)cc1. The third-order valence-electron chi connectivity index (χ3n) is 3.46. The minimum atomic E-state index is -0.631. The van der Waals surface area contributed by atoms with Gasteiger partial charge in [0.1, 0.15) is 0 Å². The zero-order valence-electron chi connectivity index (χ0n) is 11.6. The average molecular weight is 265 g/mol. The maximum Gasteiger partial charge on any atom is 0.170 e. The van der Waals surface area contributed by atoms with Crippen molar-refractivity contribution < 1.29 is 10.3 Å². The van der Waals surface area contributed by atoms with Gasteiger partial charge in [0.25, 0.3) is 0 Å². The maximum atomic E-state index is 10.1. The van der Waals surface area contributed by atoms with E-state index >= 15 is 0 Å². The highest BCUT2D eigenvalue weighted by molar-refractivity contribution is 5.96. The molecule has 0 aliphatic heterocycles. The summed E-state index contributed by atoms with van der Waals surface area (Å²) in [7, 11) is 0. The summed E-state index contributed by atoms with van der Waals surface area (Å²) < 4.78 is 0. The summed E-state index contributed by atoms with van der Waals surface area (Å²) in [6, 6.07) is 7.43. The van der Waals surface area contributed by atoms with Crippen molar-refractivity contribution >= 4 is 5.84 Å². The normalized spacial score (nSPS) is 12.7. The van der Waals surface area contributed by atoms with Crippen LogP contribution < -0.4 is 11.1 Å². The third kappa shape index (κ3) is 4.54. The van der Waals surface area contributed by atoms with Crippen LogP contribution in [0.25, 0.3) is 0 Å². The lowest BCUT2D eigenvalue weighted by Gasteiger charge is -2.25. The summed E-state index contributed by atoms with van der Waals surface area (Å²) in [5.41, 5.74) is 6.63. The maximum absolute atomic E-state index is 10.1. The van der Waals surface area contributed by atoms with E-state index in [1.165, 1.54) is 0 Å². The Hall–Kier alpha value is -1.59. The van der Waals surface area contributed by atoms with E-state index in [4.69, 9.17) is 10.9 Å². The molecule has 106 valence electrons. The zero-order chi connectivity index (χ0) is 14.3. The third-order valence-corrected chi connectivity index (χ3v) is 3.46. The summed E-state index contributed by atoms with van der Waals surface area (Å²) in [4.78, 5) is 0. The van der Waals surface area contributed by atoms with Crippen LogP contribution >= 0.6 is 0 Å². The molecule has 0 fully saturated rings. The standard InChI is InChI=1S/C14H23N3O2/c1-3-14(18,4-2)10-16-9-11-5-7-12(8-6-11)13(15)17-19/h5-8,16,18-19H,3-4,9-10H2,1-2H3,(H2,15,17). The predicted octanol–water partition coefficient (Wildman–Crippen LogP) is 1.42. The molecule has 0 bridgehead atoms. The first-order valence-electron chi connectivity index (χ1n) is 6.54. The molecular weight excluding hydrogens is 242 g/mol. The second-order valence-electron chi connectivity index (χ2n) is 4.72. The van der Waals surface area contributed by atoms with Gasteiger partial charge in [-0.3, -0.25) is 0 Å². The van der Waals surface area contributed by atoms with Gasteiger partial charge in [-0.25, -0.2) is 0 Å². The Morgan fingerprint density at radius 1 is 1.26 bits per heavy atom. The van der Waals surface area contributed by atoms with Gasteiger partial charge >= 0.3 is 0 Å². The minimum Gasteiger partial charge on any atom is -0.409 e. The largest absolute Gasteiger partial charge is 0.409 e. The van der Waals surface area contributed by atoms with Crippen molar-refractivity contribution in [2.45, 2.75) is 38.8 Å². The Morgan fingerprint density at radius 2 is 1.84 bits per heavy atom. The Labute approximate surface area is 114 Å². The van der Waals surface area contributed by atoms with E-state index in [2.05, 4.69) is 10.5 Å². The molecule has 5 N–H and O–H groups in total. The fraction of sp³-hybridized carbons (Fsp3) is 0.500. The van der Waals surface area contributed by atoms with E-state index < -0.39 is 5.60 Å². The molecule has 1 aromatic carbocycles. The lowest BCUT2D eigenvalue weighted by atomic mass is 9.97. The van der Waals surface area contributed by atoms with Crippen molar-refractivity contribution in [3.8, 4) is 0 Å². The van der Waals surface area contributed by atoms with Gasteiger partial charge in [-0.1, -0.05) is 43.3 Å². The van der Waals surface area contributed by atoms with Gasteiger partial charge in [-0.2, -0.15) is 0 Å². The molecule has 0 unspecified atom stereocenters. The van der Waals surface area contributed by atoms with Crippen molar-refractivity contribution in [3.63, 3.8) is 0 Å². The molecule has 0 saturated heterocycles. The first-order valence-corrected chi connectivity index (χ1v) is 6.54. The van der Waals surface area contributed by atoms with Crippen LogP contribution in [0.2, 0.25) is 0 Å². The molecule has 0 aromatic heterocycles. The van der Waals surface area contributed by atoms with Crippen molar-refractivity contribution in [1.29, 1.82) is 0 Å². The number of aliphatic hydroxyl groups is 1. The highest BCUT2D eigenvalue weighted by Crippen LogP contribution is 2.13. The van der Waals surface area contributed by atoms with E-state index in [0.717, 1.165) is 18.4 Å². The van der Waals surface area contributed by atoms with Crippen LogP contribution in [0.15, 0.2) is 29.4 Å². The minimum absolute atomic E-state index is 0.103. The summed E-state index contributed by atoms with van der Waals surface area (Å²) in [6.45, 7) is 5.22. The Bertz CT molecular complexity index is 411. The number of hydrogen-bond acceptors (Lipinski definition) is 4. The van der Waals surface area contributed by atoms with Crippen LogP contribution in [0, 0.1) is 0 Å². The number of rotatable bonds is 7. The highest BCUT2D eigenvalue weighted by atomic mass is 16.4. The van der Waals surface area contributed by atoms with Gasteiger partial charge < -0.3 is 21.4 Å². The molecule has 0 radical (unpaired) electrons. The van der Waals surface area contributed by atoms with Gasteiger partial charge in [0, 0.05) is 18.7 Å². The smallest absolute Gasteiger partial charge is 0.170 e. The number of nitrogens with zero attached hydrogens (tertiary/aromatic N) is 1. The topological polar surface area (TPSA) is 90.9 Å². The van der Waals surface area contributed by atoms with E-state index in [1.807, 2.05) is 26.0 Å².